The summed E-state index contributed by atoms with van der Waals surface area (Å²) in [5, 5.41) is 10.1. The van der Waals surface area contributed by atoms with Crippen LogP contribution in [0.15, 0.2) is 36.7 Å². The number of nitrogens with one attached hydrogen (secondary N) is 2. The molecular formula is C19H26N6O. The van der Waals surface area contributed by atoms with E-state index in [1.807, 2.05) is 42.9 Å². The molecule has 0 spiro atoms. The van der Waals surface area contributed by atoms with Crippen LogP contribution in [0.5, 0.6) is 0 Å². The zero-order valence-electron chi connectivity index (χ0n) is 15.8. The molecule has 7 nitrogen and oxygen atoms in total. The third-order valence-corrected chi connectivity index (χ3v) is 4.20. The van der Waals surface area contributed by atoms with Crippen molar-refractivity contribution in [2.24, 2.45) is 5.41 Å². The Morgan fingerprint density at radius 2 is 2.08 bits per heavy atom. The maximum Gasteiger partial charge on any atom is 0.271 e. The number of carbonyl (C=O) groups is 1. The molecule has 0 fully saturated rings. The lowest BCUT2D eigenvalue weighted by Gasteiger charge is -2.28. The van der Waals surface area contributed by atoms with Crippen molar-refractivity contribution in [2.45, 2.75) is 20.4 Å². The van der Waals surface area contributed by atoms with E-state index in [4.69, 9.17) is 0 Å². The Kier molecular flexibility index (Phi) is 5.08. The van der Waals surface area contributed by atoms with E-state index in [1.54, 1.807) is 12.4 Å². The summed E-state index contributed by atoms with van der Waals surface area (Å²) < 4.78 is 2.03. The van der Waals surface area contributed by atoms with Crippen molar-refractivity contribution in [3.05, 3.63) is 48.0 Å². The van der Waals surface area contributed by atoms with Crippen LogP contribution in [0.3, 0.4) is 0 Å². The number of H-pyrrole nitrogens is 1. The first-order chi connectivity index (χ1) is 12.3. The van der Waals surface area contributed by atoms with Gasteiger partial charge in [0.05, 0.1) is 29.6 Å². The number of para-hydroxylation sites is 2. The predicted octanol–water partition coefficient (Wildman–Crippen LogP) is 2.13. The average Bonchev–Trinajstić information content (AvgIpc) is 3.20. The summed E-state index contributed by atoms with van der Waals surface area (Å²) in [6.07, 6.45) is 1.80. The second-order valence-electron chi connectivity index (χ2n) is 7.72. The molecule has 3 aromatic rings. The number of hydrogen-bond donors (Lipinski definition) is 2. The van der Waals surface area contributed by atoms with Gasteiger partial charge >= 0.3 is 0 Å². The molecule has 0 bridgehead atoms. The molecule has 1 aromatic carbocycles. The Morgan fingerprint density at radius 1 is 1.31 bits per heavy atom. The SMILES string of the molecule is CN(C)CC(C)(C)CNC(=O)c1cc(Cn2cnc3ccccc32)[nH]n1. The number of fused-ring (bicyclic) bond motifs is 1. The molecule has 2 N–H and O–H groups in total. The Bertz CT molecular complexity index is 892. The fourth-order valence-corrected chi connectivity index (χ4v) is 3.20. The standard InChI is InChI=1S/C19H26N6O/c1-19(2,12-24(3)4)11-20-18(26)16-9-14(22-23-16)10-25-13-21-15-7-5-6-8-17(15)25/h5-9,13H,10-12H2,1-4H3,(H,20,26)(H,22,23). The number of carbonyl (C=O) groups excluding carboxylic acids is 1. The third kappa shape index (κ3) is 4.29. The Hall–Kier alpha value is -2.67. The zero-order valence-corrected chi connectivity index (χ0v) is 15.8. The van der Waals surface area contributed by atoms with E-state index in [0.717, 1.165) is 23.3 Å². The van der Waals surface area contributed by atoms with Crippen LogP contribution >= 0.6 is 0 Å². The number of rotatable bonds is 7. The number of aromatic amines is 1. The Balaban J connectivity index is 1.63. The minimum atomic E-state index is -0.158. The second kappa shape index (κ2) is 7.29. The summed E-state index contributed by atoms with van der Waals surface area (Å²) in [7, 11) is 4.06. The van der Waals surface area contributed by atoms with Crippen LogP contribution in [0.25, 0.3) is 11.0 Å². The van der Waals surface area contributed by atoms with E-state index >= 15 is 0 Å². The lowest BCUT2D eigenvalue weighted by Crippen LogP contribution is -2.40. The monoisotopic (exact) mass is 354 g/mol. The zero-order chi connectivity index (χ0) is 18.7. The highest BCUT2D eigenvalue weighted by Crippen LogP contribution is 2.15. The van der Waals surface area contributed by atoms with Crippen molar-refractivity contribution < 1.29 is 4.79 Å². The predicted molar refractivity (Wildman–Crippen MR) is 102 cm³/mol. The minimum absolute atomic E-state index is 0.00593. The molecule has 0 aliphatic heterocycles. The van der Waals surface area contributed by atoms with Gasteiger partial charge in [0.1, 0.15) is 5.69 Å². The summed E-state index contributed by atoms with van der Waals surface area (Å²) in [4.78, 5) is 18.9. The van der Waals surface area contributed by atoms with Crippen molar-refractivity contribution in [1.29, 1.82) is 0 Å². The van der Waals surface area contributed by atoms with E-state index < -0.39 is 0 Å². The van der Waals surface area contributed by atoms with E-state index in [0.29, 0.717) is 18.8 Å². The van der Waals surface area contributed by atoms with Crippen molar-refractivity contribution in [3.8, 4) is 0 Å². The lowest BCUT2D eigenvalue weighted by atomic mass is 9.93. The molecule has 138 valence electrons. The molecule has 0 saturated heterocycles. The number of nitrogens with zero attached hydrogens (tertiary/aromatic N) is 4. The molecule has 0 radical (unpaired) electrons. The van der Waals surface area contributed by atoms with Gasteiger partial charge in [-0.15, -0.1) is 0 Å². The average molecular weight is 354 g/mol. The van der Waals surface area contributed by atoms with E-state index in [2.05, 4.69) is 39.2 Å². The fourth-order valence-electron chi connectivity index (χ4n) is 3.20. The summed E-state index contributed by atoms with van der Waals surface area (Å²) in [6.45, 7) is 6.35. The molecule has 0 unspecified atom stereocenters. The first-order valence-corrected chi connectivity index (χ1v) is 8.71. The van der Waals surface area contributed by atoms with Crippen LogP contribution < -0.4 is 5.32 Å². The highest BCUT2D eigenvalue weighted by atomic mass is 16.1. The molecule has 7 heteroatoms. The smallest absolute Gasteiger partial charge is 0.271 e. The molecule has 2 aromatic heterocycles. The van der Waals surface area contributed by atoms with E-state index in [9.17, 15) is 4.79 Å². The molecule has 0 saturated carbocycles. The highest BCUT2D eigenvalue weighted by molar-refractivity contribution is 5.92. The summed E-state index contributed by atoms with van der Waals surface area (Å²) in [5.41, 5.74) is 3.27. The molecule has 1 amide bonds. The Labute approximate surface area is 153 Å². The fraction of sp³-hybridized carbons (Fsp3) is 0.421. The Morgan fingerprint density at radius 3 is 2.85 bits per heavy atom. The molecular weight excluding hydrogens is 328 g/mol. The van der Waals surface area contributed by atoms with Crippen LogP contribution in [-0.2, 0) is 6.54 Å². The van der Waals surface area contributed by atoms with Crippen LogP contribution in [0.1, 0.15) is 30.0 Å². The normalized spacial score (nSPS) is 12.0. The summed E-state index contributed by atoms with van der Waals surface area (Å²) >= 11 is 0. The van der Waals surface area contributed by atoms with Gasteiger partial charge < -0.3 is 14.8 Å². The molecule has 0 aliphatic rings. The van der Waals surface area contributed by atoms with E-state index in [-0.39, 0.29) is 11.3 Å². The highest BCUT2D eigenvalue weighted by Gasteiger charge is 2.21. The molecule has 0 atom stereocenters. The van der Waals surface area contributed by atoms with Crippen LogP contribution in [-0.4, -0.2) is 57.7 Å². The number of imidazole rings is 1. The van der Waals surface area contributed by atoms with Gasteiger partial charge in [-0.25, -0.2) is 4.98 Å². The van der Waals surface area contributed by atoms with E-state index in [1.165, 1.54) is 0 Å². The molecule has 3 rings (SSSR count). The van der Waals surface area contributed by atoms with Crippen molar-refractivity contribution in [1.82, 2.24) is 30.0 Å². The van der Waals surface area contributed by atoms with Gasteiger partial charge in [-0.1, -0.05) is 26.0 Å². The second-order valence-corrected chi connectivity index (χ2v) is 7.72. The minimum Gasteiger partial charge on any atom is -0.350 e. The lowest BCUT2D eigenvalue weighted by molar-refractivity contribution is 0.0924. The van der Waals surface area contributed by atoms with Crippen molar-refractivity contribution in [3.63, 3.8) is 0 Å². The van der Waals surface area contributed by atoms with Gasteiger partial charge in [0, 0.05) is 13.1 Å². The largest absolute Gasteiger partial charge is 0.350 e. The number of amides is 1. The number of aromatic nitrogens is 4. The third-order valence-electron chi connectivity index (χ3n) is 4.20. The number of hydrogen-bond acceptors (Lipinski definition) is 4. The van der Waals surface area contributed by atoms with Crippen molar-refractivity contribution >= 4 is 16.9 Å². The molecule has 0 aliphatic carbocycles. The first-order valence-electron chi connectivity index (χ1n) is 8.71. The van der Waals surface area contributed by atoms with Gasteiger partial charge in [0.2, 0.25) is 0 Å². The maximum atomic E-state index is 12.4. The van der Waals surface area contributed by atoms with Gasteiger partial charge in [-0.3, -0.25) is 9.89 Å². The topological polar surface area (TPSA) is 78.8 Å². The molecule has 26 heavy (non-hydrogen) atoms. The molecule has 2 heterocycles. The van der Waals surface area contributed by atoms with Gasteiger partial charge in [-0.2, -0.15) is 5.10 Å². The van der Waals surface area contributed by atoms with Crippen molar-refractivity contribution in [2.75, 3.05) is 27.2 Å². The quantitative estimate of drug-likeness (QED) is 0.681. The van der Waals surface area contributed by atoms with Crippen LogP contribution in [0.2, 0.25) is 0 Å². The first kappa shape index (κ1) is 18.1. The summed E-state index contributed by atoms with van der Waals surface area (Å²) in [6, 6.07) is 9.76. The van der Waals surface area contributed by atoms with Crippen LogP contribution in [0, 0.1) is 5.41 Å². The van der Waals surface area contributed by atoms with Crippen LogP contribution in [0.4, 0.5) is 0 Å². The maximum absolute atomic E-state index is 12.4. The summed E-state index contributed by atoms with van der Waals surface area (Å²) in [5.74, 6) is -0.158. The van der Waals surface area contributed by atoms with Gasteiger partial charge in [0.15, 0.2) is 0 Å². The number of benzene rings is 1. The van der Waals surface area contributed by atoms with Gasteiger partial charge in [-0.05, 0) is 37.7 Å². The van der Waals surface area contributed by atoms with Gasteiger partial charge in [0.25, 0.3) is 5.91 Å².